The van der Waals surface area contributed by atoms with Crippen LogP contribution in [0.15, 0.2) is 18.2 Å². The van der Waals surface area contributed by atoms with Crippen molar-refractivity contribution < 1.29 is 4.74 Å². The van der Waals surface area contributed by atoms with Gasteiger partial charge in [-0.3, -0.25) is 4.90 Å². The van der Waals surface area contributed by atoms with Gasteiger partial charge in [0.05, 0.1) is 19.3 Å². The van der Waals surface area contributed by atoms with Gasteiger partial charge in [0.15, 0.2) is 0 Å². The smallest absolute Gasteiger partial charge is 0.125 e. The SMILES string of the molecule is N#C[C@H](c1ccc(Cl)cc1Cl)N1CCOCC1. The lowest BCUT2D eigenvalue weighted by Crippen LogP contribution is -2.38. The first-order valence-electron chi connectivity index (χ1n) is 5.38. The summed E-state index contributed by atoms with van der Waals surface area (Å²) in [7, 11) is 0. The summed E-state index contributed by atoms with van der Waals surface area (Å²) in [5.74, 6) is 0. The van der Waals surface area contributed by atoms with Crippen molar-refractivity contribution in [2.75, 3.05) is 26.3 Å². The van der Waals surface area contributed by atoms with Gasteiger partial charge in [0.2, 0.25) is 0 Å². The van der Waals surface area contributed by atoms with E-state index in [1.165, 1.54) is 0 Å². The van der Waals surface area contributed by atoms with Crippen molar-refractivity contribution in [3.63, 3.8) is 0 Å². The van der Waals surface area contributed by atoms with E-state index in [0.717, 1.165) is 18.7 Å². The molecule has 0 N–H and O–H groups in total. The van der Waals surface area contributed by atoms with Crippen molar-refractivity contribution in [3.8, 4) is 6.07 Å². The number of morpholine rings is 1. The molecule has 1 atom stereocenters. The van der Waals surface area contributed by atoms with Crippen LogP contribution in [0.1, 0.15) is 11.6 Å². The van der Waals surface area contributed by atoms with Crippen LogP contribution < -0.4 is 0 Å². The maximum absolute atomic E-state index is 9.30. The van der Waals surface area contributed by atoms with Crippen LogP contribution >= 0.6 is 23.2 Å². The second kappa shape index (κ2) is 5.70. The van der Waals surface area contributed by atoms with E-state index in [0.29, 0.717) is 23.3 Å². The van der Waals surface area contributed by atoms with Crippen molar-refractivity contribution >= 4 is 23.2 Å². The molecule has 3 nitrogen and oxygen atoms in total. The van der Waals surface area contributed by atoms with Crippen LogP contribution in [0.5, 0.6) is 0 Å². The quantitative estimate of drug-likeness (QED) is 0.829. The van der Waals surface area contributed by atoms with Gasteiger partial charge in [-0.05, 0) is 12.1 Å². The third-order valence-corrected chi connectivity index (χ3v) is 3.35. The van der Waals surface area contributed by atoms with E-state index in [-0.39, 0.29) is 6.04 Å². The van der Waals surface area contributed by atoms with Gasteiger partial charge in [0.25, 0.3) is 0 Å². The highest BCUT2D eigenvalue weighted by molar-refractivity contribution is 6.35. The minimum Gasteiger partial charge on any atom is -0.379 e. The van der Waals surface area contributed by atoms with E-state index >= 15 is 0 Å². The number of nitriles is 1. The summed E-state index contributed by atoms with van der Waals surface area (Å²) >= 11 is 12.0. The Morgan fingerprint density at radius 2 is 2.00 bits per heavy atom. The van der Waals surface area contributed by atoms with E-state index in [1.54, 1.807) is 12.1 Å². The van der Waals surface area contributed by atoms with Gasteiger partial charge in [-0.1, -0.05) is 29.3 Å². The lowest BCUT2D eigenvalue weighted by Gasteiger charge is -2.31. The van der Waals surface area contributed by atoms with Crippen LogP contribution in [-0.2, 0) is 4.74 Å². The fourth-order valence-corrected chi connectivity index (χ4v) is 2.42. The van der Waals surface area contributed by atoms with E-state index in [4.69, 9.17) is 27.9 Å². The largest absolute Gasteiger partial charge is 0.379 e. The normalized spacial score (nSPS) is 18.6. The minimum atomic E-state index is -0.330. The number of benzene rings is 1. The Kier molecular flexibility index (Phi) is 4.25. The Morgan fingerprint density at radius 3 is 2.59 bits per heavy atom. The van der Waals surface area contributed by atoms with Crippen LogP contribution in [0, 0.1) is 11.3 Å². The van der Waals surface area contributed by atoms with E-state index in [1.807, 2.05) is 6.07 Å². The van der Waals surface area contributed by atoms with Crippen molar-refractivity contribution in [1.82, 2.24) is 4.90 Å². The van der Waals surface area contributed by atoms with Crippen molar-refractivity contribution in [1.29, 1.82) is 5.26 Å². The number of ether oxygens (including phenoxy) is 1. The van der Waals surface area contributed by atoms with Crippen molar-refractivity contribution in [3.05, 3.63) is 33.8 Å². The second-order valence-corrected chi connectivity index (χ2v) is 4.69. The summed E-state index contributed by atoms with van der Waals surface area (Å²) in [5, 5.41) is 10.4. The molecule has 0 bridgehead atoms. The highest BCUT2D eigenvalue weighted by Gasteiger charge is 2.24. The Morgan fingerprint density at radius 1 is 1.29 bits per heavy atom. The molecule has 1 aromatic rings. The molecule has 0 saturated carbocycles. The van der Waals surface area contributed by atoms with Gasteiger partial charge in [-0.15, -0.1) is 0 Å². The number of halogens is 2. The highest BCUT2D eigenvalue weighted by atomic mass is 35.5. The lowest BCUT2D eigenvalue weighted by molar-refractivity contribution is 0.0266. The fourth-order valence-electron chi connectivity index (χ4n) is 1.91. The maximum Gasteiger partial charge on any atom is 0.125 e. The third-order valence-electron chi connectivity index (χ3n) is 2.79. The molecule has 1 fully saturated rings. The molecule has 2 rings (SSSR count). The predicted molar refractivity (Wildman–Crippen MR) is 67.2 cm³/mol. The molecule has 0 aromatic heterocycles. The van der Waals surface area contributed by atoms with Gasteiger partial charge in [-0.2, -0.15) is 5.26 Å². The molecule has 1 aliphatic heterocycles. The van der Waals surface area contributed by atoms with Crippen LogP contribution in [0.2, 0.25) is 10.0 Å². The van der Waals surface area contributed by atoms with E-state index in [9.17, 15) is 5.26 Å². The average Bonchev–Trinajstić information content (AvgIpc) is 2.34. The molecular formula is C12H12Cl2N2O. The molecule has 0 aliphatic carbocycles. The zero-order valence-corrected chi connectivity index (χ0v) is 10.7. The Labute approximate surface area is 110 Å². The number of nitrogens with zero attached hydrogens (tertiary/aromatic N) is 2. The van der Waals surface area contributed by atoms with Crippen molar-refractivity contribution in [2.45, 2.75) is 6.04 Å². The van der Waals surface area contributed by atoms with Gasteiger partial charge >= 0.3 is 0 Å². The maximum atomic E-state index is 9.30. The Bertz CT molecular complexity index is 439. The molecule has 1 aromatic carbocycles. The molecule has 0 unspecified atom stereocenters. The van der Waals surface area contributed by atoms with Crippen LogP contribution in [0.3, 0.4) is 0 Å². The van der Waals surface area contributed by atoms with Gasteiger partial charge in [0.1, 0.15) is 6.04 Å². The number of hydrogen-bond donors (Lipinski definition) is 0. The standard InChI is InChI=1S/C12H12Cl2N2O/c13-9-1-2-10(11(14)7-9)12(8-15)16-3-5-17-6-4-16/h1-2,7,12H,3-6H2/t12-/m1/s1. The molecule has 0 amide bonds. The van der Waals surface area contributed by atoms with Gasteiger partial charge in [0, 0.05) is 28.7 Å². The minimum absolute atomic E-state index is 0.330. The summed E-state index contributed by atoms with van der Waals surface area (Å²) < 4.78 is 5.27. The molecule has 1 aliphatic rings. The molecular weight excluding hydrogens is 259 g/mol. The number of rotatable bonds is 2. The molecule has 1 saturated heterocycles. The van der Waals surface area contributed by atoms with Crippen LogP contribution in [-0.4, -0.2) is 31.2 Å². The molecule has 17 heavy (non-hydrogen) atoms. The average molecular weight is 271 g/mol. The second-order valence-electron chi connectivity index (χ2n) is 3.85. The monoisotopic (exact) mass is 270 g/mol. The van der Waals surface area contributed by atoms with Crippen molar-refractivity contribution in [2.24, 2.45) is 0 Å². The molecule has 1 heterocycles. The van der Waals surface area contributed by atoms with Crippen LogP contribution in [0.25, 0.3) is 0 Å². The summed E-state index contributed by atoms with van der Waals surface area (Å²) in [4.78, 5) is 2.07. The lowest BCUT2D eigenvalue weighted by atomic mass is 10.1. The molecule has 90 valence electrons. The predicted octanol–water partition coefficient (Wildman–Crippen LogP) is 2.89. The summed E-state index contributed by atoms with van der Waals surface area (Å²) in [5.41, 5.74) is 0.806. The zero-order valence-electron chi connectivity index (χ0n) is 9.20. The van der Waals surface area contributed by atoms with Gasteiger partial charge < -0.3 is 4.74 Å². The highest BCUT2D eigenvalue weighted by Crippen LogP contribution is 2.29. The fraction of sp³-hybridized carbons (Fsp3) is 0.417. The first-order chi connectivity index (χ1) is 8.22. The molecule has 0 radical (unpaired) electrons. The molecule has 0 spiro atoms. The Balaban J connectivity index is 2.25. The summed E-state index contributed by atoms with van der Waals surface area (Å²) in [6, 6.07) is 7.20. The topological polar surface area (TPSA) is 36.3 Å². The van der Waals surface area contributed by atoms with E-state index < -0.39 is 0 Å². The first kappa shape index (κ1) is 12.7. The zero-order chi connectivity index (χ0) is 12.3. The van der Waals surface area contributed by atoms with Crippen LogP contribution in [0.4, 0.5) is 0 Å². The van der Waals surface area contributed by atoms with Gasteiger partial charge in [-0.25, -0.2) is 0 Å². The number of hydrogen-bond acceptors (Lipinski definition) is 3. The summed E-state index contributed by atoms with van der Waals surface area (Å²) in [6.07, 6.45) is 0. The third kappa shape index (κ3) is 2.91. The first-order valence-corrected chi connectivity index (χ1v) is 6.14. The Hall–Kier alpha value is -0.790. The van der Waals surface area contributed by atoms with E-state index in [2.05, 4.69) is 11.0 Å². The molecule has 5 heteroatoms. The summed E-state index contributed by atoms with van der Waals surface area (Å²) in [6.45, 7) is 2.81.